The molecule has 0 aliphatic carbocycles. The lowest BCUT2D eigenvalue weighted by Crippen LogP contribution is -2.16. The highest BCUT2D eigenvalue weighted by Gasteiger charge is 2.33. The van der Waals surface area contributed by atoms with E-state index >= 15 is 0 Å². The molecular weight excluding hydrogens is 276 g/mol. The van der Waals surface area contributed by atoms with E-state index in [0.717, 1.165) is 17.1 Å². The maximum Gasteiger partial charge on any atom is 0.233 e. The molecule has 1 aromatic heterocycles. The van der Waals surface area contributed by atoms with E-state index < -0.39 is 6.10 Å². The van der Waals surface area contributed by atoms with Gasteiger partial charge in [0.25, 0.3) is 0 Å². The lowest BCUT2D eigenvalue weighted by atomic mass is 10.1. The fourth-order valence-corrected chi connectivity index (χ4v) is 3.53. The molecule has 1 fully saturated rings. The average molecular weight is 292 g/mol. The van der Waals surface area contributed by atoms with Crippen molar-refractivity contribution in [1.82, 2.24) is 10.1 Å². The summed E-state index contributed by atoms with van der Waals surface area (Å²) in [5.74, 6) is 2.45. The molecule has 0 radical (unpaired) electrons. The Morgan fingerprint density at radius 2 is 2.15 bits per heavy atom. The van der Waals surface area contributed by atoms with E-state index in [0.29, 0.717) is 11.7 Å². The smallest absolute Gasteiger partial charge is 0.233 e. The summed E-state index contributed by atoms with van der Waals surface area (Å²) in [6, 6.07) is 9.76. The number of aromatic nitrogens is 2. The number of rotatable bonds is 4. The zero-order valence-electron chi connectivity index (χ0n) is 11.1. The average Bonchev–Trinajstić information content (AvgIpc) is 3.10. The minimum atomic E-state index is -0.411. The van der Waals surface area contributed by atoms with Crippen LogP contribution in [-0.4, -0.2) is 40.0 Å². The third-order valence-electron chi connectivity index (χ3n) is 3.40. The van der Waals surface area contributed by atoms with Crippen LogP contribution in [0.1, 0.15) is 29.3 Å². The first-order valence-corrected chi connectivity index (χ1v) is 7.62. The Kier molecular flexibility index (Phi) is 4.05. The molecule has 3 rings (SSSR count). The normalized spacial score (nSPS) is 23.9. The molecule has 3 atom stereocenters. The molecule has 1 saturated heterocycles. The van der Waals surface area contributed by atoms with Crippen molar-refractivity contribution in [3.8, 4) is 0 Å². The second-order valence-corrected chi connectivity index (χ2v) is 5.80. The minimum Gasteiger partial charge on any atom is -0.391 e. The fourth-order valence-electron chi connectivity index (χ4n) is 2.30. The first kappa shape index (κ1) is 13.6. The van der Waals surface area contributed by atoms with Gasteiger partial charge in [0.2, 0.25) is 11.7 Å². The molecule has 1 aromatic carbocycles. The zero-order chi connectivity index (χ0) is 13.9. The number of benzene rings is 1. The Balaban J connectivity index is 1.85. The van der Waals surface area contributed by atoms with Crippen molar-refractivity contribution in [2.75, 3.05) is 18.6 Å². The third kappa shape index (κ3) is 2.59. The van der Waals surface area contributed by atoms with Gasteiger partial charge in [-0.25, -0.2) is 0 Å². The lowest BCUT2D eigenvalue weighted by molar-refractivity contribution is 0.126. The van der Waals surface area contributed by atoms with E-state index in [4.69, 9.17) is 9.26 Å². The van der Waals surface area contributed by atoms with Gasteiger partial charge in [-0.05, 0) is 5.56 Å². The fraction of sp³-hybridized carbons (Fsp3) is 0.429. The molecule has 1 N–H and O–H groups in total. The van der Waals surface area contributed by atoms with Crippen molar-refractivity contribution in [1.29, 1.82) is 0 Å². The summed E-state index contributed by atoms with van der Waals surface area (Å²) in [6.07, 6.45) is -0.758. The third-order valence-corrected chi connectivity index (χ3v) is 4.57. The van der Waals surface area contributed by atoms with Gasteiger partial charge in [-0.3, -0.25) is 0 Å². The van der Waals surface area contributed by atoms with Crippen molar-refractivity contribution >= 4 is 11.8 Å². The van der Waals surface area contributed by atoms with Gasteiger partial charge in [0.15, 0.2) is 0 Å². The minimum absolute atomic E-state index is 0.0745. The first-order valence-electron chi connectivity index (χ1n) is 6.46. The number of aliphatic hydroxyl groups is 1. The molecule has 2 aromatic rings. The molecular formula is C14H16N2O3S. The van der Waals surface area contributed by atoms with Gasteiger partial charge >= 0.3 is 0 Å². The summed E-state index contributed by atoms with van der Waals surface area (Å²) in [7, 11) is 1.62. The Hall–Kier alpha value is -1.37. The van der Waals surface area contributed by atoms with Gasteiger partial charge < -0.3 is 14.4 Å². The molecule has 1 aliphatic heterocycles. The number of ether oxygens (including phenoxy) is 1. The van der Waals surface area contributed by atoms with Crippen molar-refractivity contribution in [2.45, 2.75) is 18.1 Å². The Bertz CT molecular complexity index is 561. The van der Waals surface area contributed by atoms with Crippen LogP contribution < -0.4 is 0 Å². The van der Waals surface area contributed by atoms with Crippen molar-refractivity contribution in [2.24, 2.45) is 0 Å². The van der Waals surface area contributed by atoms with Gasteiger partial charge in [0.1, 0.15) is 6.10 Å². The molecule has 1 aliphatic rings. The van der Waals surface area contributed by atoms with Crippen molar-refractivity contribution in [3.63, 3.8) is 0 Å². The van der Waals surface area contributed by atoms with Crippen LogP contribution in [0.15, 0.2) is 34.9 Å². The van der Waals surface area contributed by atoms with Crippen LogP contribution >= 0.6 is 11.8 Å². The number of aliphatic hydroxyl groups excluding tert-OH is 1. The lowest BCUT2D eigenvalue weighted by Gasteiger charge is -2.11. The molecule has 0 amide bonds. The van der Waals surface area contributed by atoms with E-state index in [1.54, 1.807) is 18.9 Å². The van der Waals surface area contributed by atoms with Crippen LogP contribution in [0.5, 0.6) is 0 Å². The monoisotopic (exact) mass is 292 g/mol. The molecule has 6 heteroatoms. The van der Waals surface area contributed by atoms with E-state index in [1.165, 1.54) is 0 Å². The molecule has 2 heterocycles. The maximum atomic E-state index is 9.88. The molecule has 0 spiro atoms. The van der Waals surface area contributed by atoms with Crippen LogP contribution in [0.2, 0.25) is 0 Å². The highest BCUT2D eigenvalue weighted by Crippen LogP contribution is 2.33. The largest absolute Gasteiger partial charge is 0.391 e. The van der Waals surface area contributed by atoms with E-state index in [9.17, 15) is 5.11 Å². The highest BCUT2D eigenvalue weighted by molar-refractivity contribution is 7.99. The molecule has 106 valence electrons. The van der Waals surface area contributed by atoms with Gasteiger partial charge in [-0.2, -0.15) is 16.7 Å². The SMILES string of the molecule is COC(c1ccccc1)c1noc(C2CSCC2O)n1. The number of hydrogen-bond donors (Lipinski definition) is 1. The summed E-state index contributed by atoms with van der Waals surface area (Å²) in [5, 5.41) is 13.9. The molecule has 0 saturated carbocycles. The van der Waals surface area contributed by atoms with Crippen LogP contribution in [0.25, 0.3) is 0 Å². The summed E-state index contributed by atoms with van der Waals surface area (Å²) >= 11 is 1.70. The summed E-state index contributed by atoms with van der Waals surface area (Å²) in [5.41, 5.74) is 0.976. The van der Waals surface area contributed by atoms with Crippen LogP contribution in [-0.2, 0) is 4.74 Å². The van der Waals surface area contributed by atoms with Crippen LogP contribution in [0.4, 0.5) is 0 Å². The first-order chi connectivity index (χ1) is 9.79. The van der Waals surface area contributed by atoms with E-state index in [1.807, 2.05) is 30.3 Å². The van der Waals surface area contributed by atoms with Crippen LogP contribution in [0.3, 0.4) is 0 Å². The molecule has 20 heavy (non-hydrogen) atoms. The Morgan fingerprint density at radius 3 is 2.80 bits per heavy atom. The predicted octanol–water partition coefficient (Wildman–Crippen LogP) is 2.00. The number of nitrogens with zero attached hydrogens (tertiary/aromatic N) is 2. The van der Waals surface area contributed by atoms with Gasteiger partial charge in [0, 0.05) is 18.6 Å². The quantitative estimate of drug-likeness (QED) is 0.929. The summed E-state index contributed by atoms with van der Waals surface area (Å²) in [6.45, 7) is 0. The molecule has 3 unspecified atom stereocenters. The topological polar surface area (TPSA) is 68.4 Å². The zero-order valence-corrected chi connectivity index (χ0v) is 11.9. The van der Waals surface area contributed by atoms with Crippen LogP contribution in [0, 0.1) is 0 Å². The summed E-state index contributed by atoms with van der Waals surface area (Å²) < 4.78 is 10.8. The summed E-state index contributed by atoms with van der Waals surface area (Å²) in [4.78, 5) is 4.41. The Morgan fingerprint density at radius 1 is 1.35 bits per heavy atom. The molecule has 5 nitrogen and oxygen atoms in total. The number of methoxy groups -OCH3 is 1. The van der Waals surface area contributed by atoms with Crippen molar-refractivity contribution < 1.29 is 14.4 Å². The van der Waals surface area contributed by atoms with Crippen molar-refractivity contribution in [3.05, 3.63) is 47.6 Å². The van der Waals surface area contributed by atoms with E-state index in [2.05, 4.69) is 10.1 Å². The predicted molar refractivity (Wildman–Crippen MR) is 75.7 cm³/mol. The number of hydrogen-bond acceptors (Lipinski definition) is 6. The van der Waals surface area contributed by atoms with E-state index in [-0.39, 0.29) is 12.0 Å². The van der Waals surface area contributed by atoms with Gasteiger partial charge in [-0.1, -0.05) is 35.5 Å². The highest BCUT2D eigenvalue weighted by atomic mass is 32.2. The second kappa shape index (κ2) is 5.95. The maximum absolute atomic E-state index is 9.88. The Labute approximate surface area is 121 Å². The van der Waals surface area contributed by atoms with Gasteiger partial charge in [-0.15, -0.1) is 0 Å². The number of thioether (sulfide) groups is 1. The molecule has 0 bridgehead atoms. The second-order valence-electron chi connectivity index (χ2n) is 4.73. The van der Waals surface area contributed by atoms with Gasteiger partial charge in [0.05, 0.1) is 12.0 Å². The standard InChI is InChI=1S/C14H16N2O3S/c1-18-12(9-5-3-2-4-6-9)13-15-14(19-16-13)10-7-20-8-11(10)17/h2-6,10-12,17H,7-8H2,1H3.